The average Bonchev–Trinajstić information content (AvgIpc) is 3.05. The van der Waals surface area contributed by atoms with Crippen LogP contribution in [0.15, 0.2) is 22.1 Å². The molecule has 4 atom stereocenters. The Morgan fingerprint density at radius 1 is 1.12 bits per heavy atom. The molecular weight excluding hydrogens is 448 g/mol. The third-order valence-electron chi connectivity index (χ3n) is 5.07. The van der Waals surface area contributed by atoms with E-state index in [-0.39, 0.29) is 5.82 Å². The molecule has 34 heavy (non-hydrogen) atoms. The number of aliphatic imine (C=N–C) groups is 1. The van der Waals surface area contributed by atoms with Crippen LogP contribution in [0, 0.1) is 17.8 Å². The molecule has 0 unspecified atom stereocenters. The highest BCUT2D eigenvalue weighted by Gasteiger charge is 2.61. The topological polar surface area (TPSA) is 161 Å². The summed E-state index contributed by atoms with van der Waals surface area (Å²) in [5, 5.41) is 0. The molecule has 1 aromatic heterocycles. The van der Waals surface area contributed by atoms with Gasteiger partial charge in [0.05, 0.1) is 17.8 Å². The van der Waals surface area contributed by atoms with Gasteiger partial charge in [0.15, 0.2) is 18.4 Å². The molecule has 1 aromatic rings. The van der Waals surface area contributed by atoms with Crippen molar-refractivity contribution in [3.05, 3.63) is 22.7 Å². The molecule has 0 radical (unpaired) electrons. The van der Waals surface area contributed by atoms with E-state index in [0.29, 0.717) is 0 Å². The Bertz CT molecular complexity index is 989. The Hall–Kier alpha value is -3.28. The first-order chi connectivity index (χ1) is 15.8. The van der Waals surface area contributed by atoms with E-state index in [0.717, 1.165) is 4.57 Å². The van der Waals surface area contributed by atoms with Gasteiger partial charge in [0.2, 0.25) is 5.72 Å². The third kappa shape index (κ3) is 5.79. The Balaban J connectivity index is 2.62. The van der Waals surface area contributed by atoms with Crippen LogP contribution in [0.4, 0.5) is 5.82 Å². The zero-order valence-corrected chi connectivity index (χ0v) is 20.2. The Morgan fingerprint density at radius 3 is 2.18 bits per heavy atom. The van der Waals surface area contributed by atoms with E-state index in [1.807, 2.05) is 0 Å². The Labute approximate surface area is 197 Å². The van der Waals surface area contributed by atoms with Crippen LogP contribution in [-0.4, -0.2) is 58.7 Å². The van der Waals surface area contributed by atoms with Crippen molar-refractivity contribution >= 4 is 30.4 Å². The van der Waals surface area contributed by atoms with Crippen LogP contribution in [0.3, 0.4) is 0 Å². The normalized spacial score (nSPS) is 24.3. The van der Waals surface area contributed by atoms with Crippen LogP contribution in [0.2, 0.25) is 0 Å². The third-order valence-corrected chi connectivity index (χ3v) is 5.07. The number of esters is 3. The maximum Gasteiger partial charge on any atom is 0.351 e. The molecular formula is C22H32N4O8. The number of rotatable bonds is 9. The fourth-order valence-corrected chi connectivity index (χ4v) is 3.02. The van der Waals surface area contributed by atoms with E-state index in [2.05, 4.69) is 16.7 Å². The first kappa shape index (κ1) is 27.0. The molecule has 2 heterocycles. The molecule has 12 nitrogen and oxygen atoms in total. The van der Waals surface area contributed by atoms with Gasteiger partial charge in [-0.3, -0.25) is 23.9 Å². The summed E-state index contributed by atoms with van der Waals surface area (Å²) in [6, 6.07) is 1.35. The molecule has 2 N–H and O–H groups in total. The zero-order chi connectivity index (χ0) is 25.8. The molecule has 0 aliphatic carbocycles. The second-order valence-corrected chi connectivity index (χ2v) is 8.88. The van der Waals surface area contributed by atoms with Gasteiger partial charge < -0.3 is 24.7 Å². The quantitative estimate of drug-likeness (QED) is 0.307. The molecule has 188 valence electrons. The van der Waals surface area contributed by atoms with E-state index < -0.39 is 72.1 Å². The fourth-order valence-electron chi connectivity index (χ4n) is 3.02. The summed E-state index contributed by atoms with van der Waals surface area (Å²) in [4.78, 5) is 57.6. The summed E-state index contributed by atoms with van der Waals surface area (Å²) in [5.74, 6) is -3.45. The fraction of sp³-hybridized carbons (Fsp3) is 0.636. The summed E-state index contributed by atoms with van der Waals surface area (Å²) in [7, 11) is 0. The van der Waals surface area contributed by atoms with E-state index in [1.54, 1.807) is 41.5 Å². The molecule has 0 spiro atoms. The molecule has 1 fully saturated rings. The van der Waals surface area contributed by atoms with Crippen LogP contribution < -0.4 is 11.4 Å². The van der Waals surface area contributed by atoms with Gasteiger partial charge in [-0.05, 0) is 12.8 Å². The number of carbonyl (C=O) groups is 3. The number of nitrogens with zero attached hydrogens (tertiary/aromatic N) is 3. The van der Waals surface area contributed by atoms with E-state index >= 15 is 0 Å². The maximum atomic E-state index is 12.6. The molecule has 0 bridgehead atoms. The molecule has 0 aromatic carbocycles. The van der Waals surface area contributed by atoms with Crippen molar-refractivity contribution < 1.29 is 33.3 Å². The van der Waals surface area contributed by atoms with E-state index in [1.165, 1.54) is 12.3 Å². The summed E-state index contributed by atoms with van der Waals surface area (Å²) < 4.78 is 23.7. The number of hydrogen-bond acceptors (Lipinski definition) is 11. The van der Waals surface area contributed by atoms with Gasteiger partial charge in [-0.2, -0.15) is 4.98 Å². The lowest BCUT2D eigenvalue weighted by Crippen LogP contribution is -2.50. The van der Waals surface area contributed by atoms with Crippen LogP contribution in [0.5, 0.6) is 0 Å². The van der Waals surface area contributed by atoms with Crippen molar-refractivity contribution in [2.45, 2.75) is 65.7 Å². The molecule has 12 heteroatoms. The lowest BCUT2D eigenvalue weighted by molar-refractivity contribution is -0.182. The van der Waals surface area contributed by atoms with Crippen LogP contribution >= 0.6 is 0 Å². The number of hydrogen-bond donors (Lipinski definition) is 1. The Morgan fingerprint density at radius 2 is 1.68 bits per heavy atom. The van der Waals surface area contributed by atoms with Crippen molar-refractivity contribution in [1.82, 2.24) is 9.55 Å². The minimum atomic E-state index is -1.87. The van der Waals surface area contributed by atoms with Crippen molar-refractivity contribution in [3.8, 4) is 0 Å². The smallest absolute Gasteiger partial charge is 0.351 e. The number of carbonyl (C=O) groups excluding carboxylic acids is 3. The maximum absolute atomic E-state index is 12.6. The van der Waals surface area contributed by atoms with Gasteiger partial charge in [-0.15, -0.1) is 0 Å². The second kappa shape index (κ2) is 10.8. The van der Waals surface area contributed by atoms with Crippen molar-refractivity contribution in [1.29, 1.82) is 0 Å². The Kier molecular flexibility index (Phi) is 8.54. The molecule has 1 aliphatic rings. The number of ether oxygens (including phenoxy) is 4. The monoisotopic (exact) mass is 480 g/mol. The highest BCUT2D eigenvalue weighted by atomic mass is 16.7. The second-order valence-electron chi connectivity index (χ2n) is 8.88. The minimum Gasteiger partial charge on any atom is -0.460 e. The zero-order valence-electron chi connectivity index (χ0n) is 20.2. The molecule has 2 rings (SSSR count). The van der Waals surface area contributed by atoms with Gasteiger partial charge in [-0.1, -0.05) is 41.5 Å². The highest BCUT2D eigenvalue weighted by molar-refractivity contribution is 5.73. The van der Waals surface area contributed by atoms with Crippen LogP contribution in [-0.2, 0) is 33.3 Å². The van der Waals surface area contributed by atoms with Crippen LogP contribution in [0.25, 0.3) is 0 Å². The molecule has 1 saturated heterocycles. The predicted octanol–water partition coefficient (Wildman–Crippen LogP) is 1.09. The number of anilines is 1. The van der Waals surface area contributed by atoms with Gasteiger partial charge in [0.25, 0.3) is 0 Å². The van der Waals surface area contributed by atoms with Crippen LogP contribution in [0.1, 0.15) is 47.8 Å². The van der Waals surface area contributed by atoms with Gasteiger partial charge in [0.1, 0.15) is 12.4 Å². The molecule has 0 amide bonds. The van der Waals surface area contributed by atoms with Crippen molar-refractivity contribution in [2.75, 3.05) is 12.3 Å². The highest BCUT2D eigenvalue weighted by Crippen LogP contribution is 2.42. The van der Waals surface area contributed by atoms with Gasteiger partial charge >= 0.3 is 23.6 Å². The summed E-state index contributed by atoms with van der Waals surface area (Å²) in [6.45, 7) is 12.8. The number of nitrogens with two attached hydrogens (primary N) is 1. The minimum absolute atomic E-state index is 0.0308. The average molecular weight is 481 g/mol. The van der Waals surface area contributed by atoms with Crippen molar-refractivity contribution in [3.63, 3.8) is 0 Å². The largest absolute Gasteiger partial charge is 0.460 e. The number of nitrogen functional groups attached to an aromatic ring is 1. The summed E-state index contributed by atoms with van der Waals surface area (Å²) in [5.41, 5.74) is 2.92. The molecule has 0 saturated carbocycles. The van der Waals surface area contributed by atoms with E-state index in [4.69, 9.17) is 24.7 Å². The first-order valence-electron chi connectivity index (χ1n) is 10.9. The predicted molar refractivity (Wildman–Crippen MR) is 121 cm³/mol. The van der Waals surface area contributed by atoms with Gasteiger partial charge in [0, 0.05) is 6.20 Å². The summed E-state index contributed by atoms with van der Waals surface area (Å²) in [6.07, 6.45) is -2.77. The van der Waals surface area contributed by atoms with Gasteiger partial charge in [-0.25, -0.2) is 4.79 Å². The lowest BCUT2D eigenvalue weighted by Gasteiger charge is -2.31. The van der Waals surface area contributed by atoms with E-state index in [9.17, 15) is 19.2 Å². The molecule has 1 aliphatic heterocycles. The standard InChI is InChI=1S/C22H32N4O8/c1-11(2)18(27)31-10-22(24-7)16(33-20(29)13(5)6)15(32-19(28)12(3)4)17(34-22)26-9-8-14(23)25-21(26)30/h8-9,11-13,15-17H,7,10H2,1-6H3,(H2,23,25,30)/t15-,16+,17-,22-/m1/s1. The summed E-state index contributed by atoms with van der Waals surface area (Å²) >= 11 is 0. The first-order valence-corrected chi connectivity index (χ1v) is 10.9. The van der Waals surface area contributed by atoms with Crippen molar-refractivity contribution in [2.24, 2.45) is 22.7 Å². The number of aromatic nitrogens is 2. The lowest BCUT2D eigenvalue weighted by atomic mass is 10.0. The SMILES string of the molecule is C=N[C@]1(COC(=O)C(C)C)O[C@@H](n2ccc(N)nc2=O)[C@H](OC(=O)C(C)C)[C@@H]1OC(=O)C(C)C.